The number of rotatable bonds is 9. The molecule has 0 spiro atoms. The quantitative estimate of drug-likeness (QED) is 0.244. The molecule has 0 atom stereocenters. The maximum Gasteiger partial charge on any atom is 0.310 e. The molecule has 3 aromatic carbocycles. The lowest BCUT2D eigenvalue weighted by Gasteiger charge is -2.09. The zero-order chi connectivity index (χ0) is 21.3. The molecule has 0 unspecified atom stereocenters. The van der Waals surface area contributed by atoms with Gasteiger partial charge in [0.1, 0.15) is 0 Å². The van der Waals surface area contributed by atoms with Gasteiger partial charge in [-0.05, 0) is 28.5 Å². The monoisotopic (exact) mass is 407 g/mol. The first-order valence-electron chi connectivity index (χ1n) is 9.40. The number of nitrogens with one attached hydrogen (secondary N) is 2. The molecule has 0 aliphatic heterocycles. The minimum Gasteiger partial charge on any atom is -0.455 e. The van der Waals surface area contributed by atoms with Gasteiger partial charge >= 0.3 is 5.97 Å². The number of amides is 1. The van der Waals surface area contributed by atoms with Crippen molar-refractivity contribution in [2.75, 3.05) is 25.0 Å². The van der Waals surface area contributed by atoms with E-state index < -0.39 is 16.8 Å². The molecule has 0 fully saturated rings. The summed E-state index contributed by atoms with van der Waals surface area (Å²) in [6.07, 6.45) is 0.0936. The number of hydrogen-bond donors (Lipinski definition) is 2. The summed E-state index contributed by atoms with van der Waals surface area (Å²) in [6.45, 7) is 0.394. The van der Waals surface area contributed by atoms with Crippen LogP contribution in [0.15, 0.2) is 66.7 Å². The number of nitro groups is 1. The fourth-order valence-corrected chi connectivity index (χ4v) is 2.96. The van der Waals surface area contributed by atoms with Crippen LogP contribution in [0.1, 0.15) is 5.56 Å². The van der Waals surface area contributed by atoms with E-state index in [-0.39, 0.29) is 18.7 Å². The number of nitro benzene ring substituents is 1. The third-order valence-corrected chi connectivity index (χ3v) is 4.43. The Hall–Kier alpha value is -3.94. The standard InChI is InChI=1S/C22H21N3O5/c26-21(24-13-12-23-18-8-10-19(11-9-18)25(28)29)15-30-22(27)14-17-6-3-5-16-4-1-2-7-20(16)17/h1-11,23H,12-15H2,(H,24,26). The number of esters is 1. The molecule has 0 heterocycles. The molecule has 0 aliphatic rings. The Morgan fingerprint density at radius 1 is 0.933 bits per heavy atom. The predicted molar refractivity (Wildman–Crippen MR) is 113 cm³/mol. The molecular weight excluding hydrogens is 386 g/mol. The van der Waals surface area contributed by atoms with Crippen molar-refractivity contribution in [3.63, 3.8) is 0 Å². The first-order valence-corrected chi connectivity index (χ1v) is 9.40. The number of hydrogen-bond acceptors (Lipinski definition) is 6. The second-order valence-electron chi connectivity index (χ2n) is 6.56. The van der Waals surface area contributed by atoms with Gasteiger partial charge in [0.05, 0.1) is 11.3 Å². The highest BCUT2D eigenvalue weighted by atomic mass is 16.6. The Kier molecular flexibility index (Phi) is 6.94. The second-order valence-corrected chi connectivity index (χ2v) is 6.56. The zero-order valence-electron chi connectivity index (χ0n) is 16.2. The summed E-state index contributed by atoms with van der Waals surface area (Å²) >= 11 is 0. The first kappa shape index (κ1) is 20.8. The Morgan fingerprint density at radius 3 is 2.43 bits per heavy atom. The number of non-ortho nitro benzene ring substituents is 1. The molecule has 0 radical (unpaired) electrons. The summed E-state index contributed by atoms with van der Waals surface area (Å²) in [5.41, 5.74) is 1.57. The molecule has 0 aromatic heterocycles. The lowest BCUT2D eigenvalue weighted by molar-refractivity contribution is -0.384. The third kappa shape index (κ3) is 5.78. The molecule has 154 valence electrons. The van der Waals surface area contributed by atoms with Gasteiger partial charge in [-0.2, -0.15) is 0 Å². The molecular formula is C22H21N3O5. The van der Waals surface area contributed by atoms with Crippen LogP contribution in [-0.2, 0) is 20.7 Å². The molecule has 3 aromatic rings. The van der Waals surface area contributed by atoms with Gasteiger partial charge < -0.3 is 15.4 Å². The highest BCUT2D eigenvalue weighted by Gasteiger charge is 2.10. The summed E-state index contributed by atoms with van der Waals surface area (Å²) in [7, 11) is 0. The fraction of sp³-hybridized carbons (Fsp3) is 0.182. The van der Waals surface area contributed by atoms with Gasteiger partial charge in [-0.3, -0.25) is 19.7 Å². The number of nitrogens with zero attached hydrogens (tertiary/aromatic N) is 1. The van der Waals surface area contributed by atoms with Gasteiger partial charge in [0.2, 0.25) is 0 Å². The molecule has 1 amide bonds. The molecule has 8 nitrogen and oxygen atoms in total. The zero-order valence-corrected chi connectivity index (χ0v) is 16.2. The molecule has 0 aliphatic carbocycles. The molecule has 0 bridgehead atoms. The molecule has 8 heteroatoms. The van der Waals surface area contributed by atoms with Crippen molar-refractivity contribution in [2.45, 2.75) is 6.42 Å². The van der Waals surface area contributed by atoms with Crippen LogP contribution in [0.3, 0.4) is 0 Å². The molecule has 3 rings (SSSR count). The van der Waals surface area contributed by atoms with Crippen LogP contribution in [-0.4, -0.2) is 36.5 Å². The Morgan fingerprint density at radius 2 is 1.67 bits per heavy atom. The maximum absolute atomic E-state index is 12.1. The van der Waals surface area contributed by atoms with Crippen LogP contribution >= 0.6 is 0 Å². The van der Waals surface area contributed by atoms with E-state index in [1.165, 1.54) is 12.1 Å². The summed E-state index contributed by atoms with van der Waals surface area (Å²) in [5.74, 6) is -0.864. The van der Waals surface area contributed by atoms with E-state index in [0.29, 0.717) is 18.8 Å². The molecule has 0 saturated heterocycles. The van der Waals surface area contributed by atoms with Crippen LogP contribution in [0.25, 0.3) is 10.8 Å². The van der Waals surface area contributed by atoms with Crippen LogP contribution in [0.2, 0.25) is 0 Å². The van der Waals surface area contributed by atoms with E-state index in [1.54, 1.807) is 12.1 Å². The van der Waals surface area contributed by atoms with Crippen molar-refractivity contribution in [1.82, 2.24) is 5.32 Å². The number of carbonyl (C=O) groups is 2. The van der Waals surface area contributed by atoms with E-state index in [0.717, 1.165) is 16.3 Å². The molecule has 0 saturated carbocycles. The minimum atomic E-state index is -0.467. The highest BCUT2D eigenvalue weighted by molar-refractivity contribution is 5.89. The van der Waals surface area contributed by atoms with Crippen molar-refractivity contribution in [3.8, 4) is 0 Å². The first-order chi connectivity index (χ1) is 14.5. The third-order valence-electron chi connectivity index (χ3n) is 4.43. The Balaban J connectivity index is 1.37. The number of benzene rings is 3. The van der Waals surface area contributed by atoms with E-state index in [4.69, 9.17) is 4.74 Å². The number of anilines is 1. The van der Waals surface area contributed by atoms with Gasteiger partial charge in [0.15, 0.2) is 6.61 Å². The molecule has 2 N–H and O–H groups in total. The molecule has 30 heavy (non-hydrogen) atoms. The smallest absolute Gasteiger partial charge is 0.310 e. The van der Waals surface area contributed by atoms with Gasteiger partial charge in [-0.25, -0.2) is 0 Å². The Labute approximate surface area is 173 Å². The van der Waals surface area contributed by atoms with Crippen molar-refractivity contribution in [1.29, 1.82) is 0 Å². The minimum absolute atomic E-state index is 0.0131. The van der Waals surface area contributed by atoms with Crippen LogP contribution in [0.5, 0.6) is 0 Å². The van der Waals surface area contributed by atoms with Crippen LogP contribution < -0.4 is 10.6 Å². The maximum atomic E-state index is 12.1. The van der Waals surface area contributed by atoms with Crippen molar-refractivity contribution in [2.24, 2.45) is 0 Å². The van der Waals surface area contributed by atoms with Crippen LogP contribution in [0, 0.1) is 10.1 Å². The Bertz CT molecular complexity index is 1040. The van der Waals surface area contributed by atoms with E-state index in [2.05, 4.69) is 10.6 Å². The van der Waals surface area contributed by atoms with Gasteiger partial charge in [0, 0.05) is 30.9 Å². The fourth-order valence-electron chi connectivity index (χ4n) is 2.96. The van der Waals surface area contributed by atoms with E-state index >= 15 is 0 Å². The number of ether oxygens (including phenoxy) is 1. The average molecular weight is 407 g/mol. The lowest BCUT2D eigenvalue weighted by atomic mass is 10.0. The number of fused-ring (bicyclic) bond motifs is 1. The normalized spacial score (nSPS) is 10.4. The van der Waals surface area contributed by atoms with E-state index in [9.17, 15) is 19.7 Å². The lowest BCUT2D eigenvalue weighted by Crippen LogP contribution is -2.32. The van der Waals surface area contributed by atoms with E-state index in [1.807, 2.05) is 42.5 Å². The average Bonchev–Trinajstić information content (AvgIpc) is 2.76. The van der Waals surface area contributed by atoms with Gasteiger partial charge in [-0.1, -0.05) is 42.5 Å². The SMILES string of the molecule is O=C(COC(=O)Cc1cccc2ccccc12)NCCNc1ccc([N+](=O)[O-])cc1. The topological polar surface area (TPSA) is 111 Å². The van der Waals surface area contributed by atoms with Crippen molar-refractivity contribution >= 4 is 34.0 Å². The summed E-state index contributed by atoms with van der Waals surface area (Å²) < 4.78 is 5.07. The predicted octanol–water partition coefficient (Wildman–Crippen LogP) is 3.06. The highest BCUT2D eigenvalue weighted by Crippen LogP contribution is 2.19. The summed E-state index contributed by atoms with van der Waals surface area (Å²) in [6, 6.07) is 19.5. The summed E-state index contributed by atoms with van der Waals surface area (Å²) in [5, 5.41) is 18.3. The van der Waals surface area contributed by atoms with Crippen molar-refractivity contribution in [3.05, 3.63) is 82.4 Å². The summed E-state index contributed by atoms with van der Waals surface area (Å²) in [4.78, 5) is 34.1. The van der Waals surface area contributed by atoms with Gasteiger partial charge in [-0.15, -0.1) is 0 Å². The largest absolute Gasteiger partial charge is 0.455 e. The number of carbonyl (C=O) groups excluding carboxylic acids is 2. The van der Waals surface area contributed by atoms with Gasteiger partial charge in [0.25, 0.3) is 11.6 Å². The second kappa shape index (κ2) is 10.0. The van der Waals surface area contributed by atoms with Crippen LogP contribution in [0.4, 0.5) is 11.4 Å². The van der Waals surface area contributed by atoms with Crippen molar-refractivity contribution < 1.29 is 19.2 Å².